The minimum Gasteiger partial charge on any atom is -0.487 e. The molecule has 12 heteroatoms. The summed E-state index contributed by atoms with van der Waals surface area (Å²) in [6.45, 7) is 2.19. The molecular formula is C31H23Br2N5O4S. The summed E-state index contributed by atoms with van der Waals surface area (Å²) in [5, 5.41) is 21.2. The summed E-state index contributed by atoms with van der Waals surface area (Å²) in [6, 6.07) is 25.1. The molecule has 0 spiro atoms. The smallest absolute Gasteiger partial charge is 0.271 e. The van der Waals surface area contributed by atoms with Crippen LogP contribution in [0.15, 0.2) is 104 Å². The van der Waals surface area contributed by atoms with Gasteiger partial charge in [-0.2, -0.15) is 5.10 Å². The van der Waals surface area contributed by atoms with Gasteiger partial charge in [0.15, 0.2) is 5.13 Å². The van der Waals surface area contributed by atoms with E-state index in [4.69, 9.17) is 4.74 Å². The molecule has 43 heavy (non-hydrogen) atoms. The number of aromatic nitrogens is 1. The van der Waals surface area contributed by atoms with Crippen molar-refractivity contribution in [3.05, 3.63) is 132 Å². The first-order valence-corrected chi connectivity index (χ1v) is 15.3. The third-order valence-electron chi connectivity index (χ3n) is 6.15. The molecule has 1 aromatic heterocycles. The molecule has 9 nitrogen and oxygen atoms in total. The summed E-state index contributed by atoms with van der Waals surface area (Å²) in [5.74, 6) is 0.184. The number of nitro groups is 1. The Morgan fingerprint density at radius 2 is 1.77 bits per heavy atom. The maximum Gasteiger partial charge on any atom is 0.271 e. The van der Waals surface area contributed by atoms with Crippen LogP contribution in [-0.2, 0) is 6.61 Å². The van der Waals surface area contributed by atoms with E-state index in [9.17, 15) is 14.9 Å². The van der Waals surface area contributed by atoms with E-state index in [2.05, 4.69) is 52.7 Å². The molecule has 1 heterocycles. The van der Waals surface area contributed by atoms with E-state index in [1.807, 2.05) is 48.7 Å². The van der Waals surface area contributed by atoms with E-state index in [1.165, 1.54) is 35.2 Å². The van der Waals surface area contributed by atoms with Crippen LogP contribution in [0.2, 0.25) is 0 Å². The second kappa shape index (κ2) is 13.7. The fraction of sp³-hybridized carbons (Fsp3) is 0.0645. The average molecular weight is 721 g/mol. The molecule has 5 aromatic rings. The zero-order valence-corrected chi connectivity index (χ0v) is 26.6. The number of aryl methyl sites for hydroxylation is 1. The molecule has 0 unspecified atom stereocenters. The lowest BCUT2D eigenvalue weighted by Crippen LogP contribution is -2.17. The zero-order chi connectivity index (χ0) is 30.3. The van der Waals surface area contributed by atoms with E-state index in [1.54, 1.807) is 36.4 Å². The number of amides is 1. The molecule has 0 aliphatic carbocycles. The molecule has 0 bridgehead atoms. The van der Waals surface area contributed by atoms with E-state index in [-0.39, 0.29) is 18.2 Å². The van der Waals surface area contributed by atoms with Gasteiger partial charge in [0.1, 0.15) is 12.4 Å². The molecule has 1 amide bonds. The van der Waals surface area contributed by atoms with Gasteiger partial charge in [0.2, 0.25) is 0 Å². The SMILES string of the molecule is Cc1ccc(Nc2nc(-c3ccc(C(=O)N/N=C\c4cc(Br)c(OCc5cccc([N+](=O)[O-])c5)c(Br)c4)cc3)cs2)cc1. The van der Waals surface area contributed by atoms with Crippen molar-refractivity contribution in [3.63, 3.8) is 0 Å². The molecule has 5 rings (SSSR count). The van der Waals surface area contributed by atoms with Gasteiger partial charge in [-0.05, 0) is 86.3 Å². The molecule has 0 saturated heterocycles. The van der Waals surface area contributed by atoms with Gasteiger partial charge in [-0.15, -0.1) is 11.3 Å². The second-order valence-electron chi connectivity index (χ2n) is 9.33. The number of hydrogen-bond donors (Lipinski definition) is 2. The van der Waals surface area contributed by atoms with Crippen molar-refractivity contribution >= 4 is 71.8 Å². The Kier molecular flexibility index (Phi) is 9.60. The summed E-state index contributed by atoms with van der Waals surface area (Å²) in [5.41, 5.74) is 8.27. The monoisotopic (exact) mass is 719 g/mol. The number of nitro benzene ring substituents is 1. The summed E-state index contributed by atoms with van der Waals surface area (Å²) >= 11 is 8.50. The number of ether oxygens (including phenoxy) is 1. The Morgan fingerprint density at radius 1 is 1.05 bits per heavy atom. The highest BCUT2D eigenvalue weighted by molar-refractivity contribution is 9.11. The molecule has 0 aliphatic rings. The summed E-state index contributed by atoms with van der Waals surface area (Å²) in [6.07, 6.45) is 1.52. The Bertz CT molecular complexity index is 1790. The standard InChI is InChI=1S/C31H23Br2N5O4S/c1-19-5-11-24(12-6-19)35-31-36-28(18-43-31)22-7-9-23(10-8-22)30(39)37-34-16-21-14-26(32)29(27(33)15-21)42-17-20-3-2-4-25(13-20)38(40)41/h2-16,18H,17H2,1H3,(H,35,36)(H,37,39)/b34-16-. The van der Waals surface area contributed by atoms with Crippen molar-refractivity contribution in [1.82, 2.24) is 10.4 Å². The first-order chi connectivity index (χ1) is 20.7. The Morgan fingerprint density at radius 3 is 2.47 bits per heavy atom. The number of thiazole rings is 1. The van der Waals surface area contributed by atoms with Gasteiger partial charge < -0.3 is 10.1 Å². The minimum absolute atomic E-state index is 0.00367. The minimum atomic E-state index is -0.444. The molecule has 0 saturated carbocycles. The fourth-order valence-corrected chi connectivity index (χ4v) is 6.14. The van der Waals surface area contributed by atoms with Crippen LogP contribution in [0.1, 0.15) is 27.0 Å². The summed E-state index contributed by atoms with van der Waals surface area (Å²) in [4.78, 5) is 27.9. The third kappa shape index (κ3) is 7.92. The highest BCUT2D eigenvalue weighted by atomic mass is 79.9. The molecule has 216 valence electrons. The first-order valence-electron chi connectivity index (χ1n) is 12.8. The van der Waals surface area contributed by atoms with Gasteiger partial charge >= 0.3 is 0 Å². The van der Waals surface area contributed by atoms with Crippen molar-refractivity contribution < 1.29 is 14.5 Å². The maximum atomic E-state index is 12.7. The van der Waals surface area contributed by atoms with E-state index >= 15 is 0 Å². The lowest BCUT2D eigenvalue weighted by atomic mass is 10.1. The number of nitrogens with one attached hydrogen (secondary N) is 2. The number of rotatable bonds is 10. The van der Waals surface area contributed by atoms with E-state index < -0.39 is 4.92 Å². The molecular weight excluding hydrogens is 698 g/mol. The van der Waals surface area contributed by atoms with Gasteiger partial charge in [0, 0.05) is 34.3 Å². The number of nitrogens with zero attached hydrogens (tertiary/aromatic N) is 3. The lowest BCUT2D eigenvalue weighted by molar-refractivity contribution is -0.384. The molecule has 0 fully saturated rings. The number of hydrogen-bond acceptors (Lipinski definition) is 8. The van der Waals surface area contributed by atoms with Crippen LogP contribution in [0, 0.1) is 17.0 Å². The number of carbonyl (C=O) groups excluding carboxylic acids is 1. The van der Waals surface area contributed by atoms with Crippen LogP contribution in [-0.4, -0.2) is 22.0 Å². The maximum absolute atomic E-state index is 12.7. The lowest BCUT2D eigenvalue weighted by Gasteiger charge is -2.11. The summed E-state index contributed by atoms with van der Waals surface area (Å²) in [7, 11) is 0. The zero-order valence-electron chi connectivity index (χ0n) is 22.6. The first kappa shape index (κ1) is 30.1. The van der Waals surface area contributed by atoms with Crippen molar-refractivity contribution in [2.24, 2.45) is 5.10 Å². The topological polar surface area (TPSA) is 119 Å². The van der Waals surface area contributed by atoms with Crippen LogP contribution in [0.5, 0.6) is 5.75 Å². The van der Waals surface area contributed by atoms with Gasteiger partial charge in [-0.3, -0.25) is 14.9 Å². The predicted molar refractivity (Wildman–Crippen MR) is 176 cm³/mol. The van der Waals surface area contributed by atoms with E-state index in [0.29, 0.717) is 31.4 Å². The Labute approximate surface area is 268 Å². The second-order valence-corrected chi connectivity index (χ2v) is 11.9. The van der Waals surface area contributed by atoms with Gasteiger partial charge in [-0.1, -0.05) is 42.0 Å². The van der Waals surface area contributed by atoms with Gasteiger partial charge in [-0.25, -0.2) is 10.4 Å². The van der Waals surface area contributed by atoms with E-state index in [0.717, 1.165) is 22.1 Å². The highest BCUT2D eigenvalue weighted by Crippen LogP contribution is 2.35. The molecule has 0 atom stereocenters. The number of carbonyl (C=O) groups is 1. The van der Waals surface area contributed by atoms with Crippen molar-refractivity contribution in [3.8, 4) is 17.0 Å². The quantitative estimate of drug-likeness (QED) is 0.0847. The van der Waals surface area contributed by atoms with Crippen molar-refractivity contribution in [2.45, 2.75) is 13.5 Å². The van der Waals surface area contributed by atoms with Gasteiger partial charge in [0.25, 0.3) is 11.6 Å². The predicted octanol–water partition coefficient (Wildman–Crippen LogP) is 8.64. The number of halogens is 2. The highest BCUT2D eigenvalue weighted by Gasteiger charge is 2.12. The van der Waals surface area contributed by atoms with Crippen LogP contribution in [0.25, 0.3) is 11.3 Å². The van der Waals surface area contributed by atoms with Gasteiger partial charge in [0.05, 0.1) is 25.8 Å². The number of non-ortho nitro benzene ring substituents is 1. The number of benzene rings is 4. The number of anilines is 2. The molecule has 0 radical (unpaired) electrons. The average Bonchev–Trinajstić information content (AvgIpc) is 3.46. The van der Waals surface area contributed by atoms with Crippen LogP contribution in [0.3, 0.4) is 0 Å². The molecule has 0 aliphatic heterocycles. The molecule has 2 N–H and O–H groups in total. The number of hydrazone groups is 1. The molecule has 4 aromatic carbocycles. The van der Waals surface area contributed by atoms with Crippen LogP contribution >= 0.6 is 43.2 Å². The Hall–Kier alpha value is -4.39. The van der Waals surface area contributed by atoms with Crippen molar-refractivity contribution in [1.29, 1.82) is 0 Å². The largest absolute Gasteiger partial charge is 0.487 e. The fourth-order valence-electron chi connectivity index (χ4n) is 3.95. The van der Waals surface area contributed by atoms with Crippen LogP contribution in [0.4, 0.5) is 16.5 Å². The normalized spacial score (nSPS) is 11.0. The van der Waals surface area contributed by atoms with Crippen molar-refractivity contribution in [2.75, 3.05) is 5.32 Å². The van der Waals surface area contributed by atoms with Crippen LogP contribution < -0.4 is 15.5 Å². The third-order valence-corrected chi connectivity index (χ3v) is 8.09. The summed E-state index contributed by atoms with van der Waals surface area (Å²) < 4.78 is 7.18. The Balaban J connectivity index is 1.16.